The molecule has 0 saturated heterocycles. The summed E-state index contributed by atoms with van der Waals surface area (Å²) in [4.78, 5) is 2.54. The molecule has 0 atom stereocenters. The topological polar surface area (TPSA) is 57.0 Å². The predicted molar refractivity (Wildman–Crippen MR) is 89.1 cm³/mol. The van der Waals surface area contributed by atoms with Crippen molar-refractivity contribution in [1.29, 1.82) is 0 Å². The molecule has 0 aliphatic rings. The molecule has 0 fully saturated rings. The first-order valence-corrected chi connectivity index (χ1v) is 7.31. The zero-order chi connectivity index (χ0) is 15.5. The average Bonchev–Trinajstić information content (AvgIpc) is 2.49. The van der Waals surface area contributed by atoms with Crippen LogP contribution in [0, 0.1) is 0 Å². The predicted octanol–water partition coefficient (Wildman–Crippen LogP) is 1.44. The van der Waals surface area contributed by atoms with E-state index in [1.54, 1.807) is 7.11 Å². The van der Waals surface area contributed by atoms with Crippen LogP contribution in [-0.4, -0.2) is 58.7 Å². The van der Waals surface area contributed by atoms with E-state index in [1.807, 2.05) is 31.3 Å². The van der Waals surface area contributed by atoms with Crippen molar-refractivity contribution in [1.82, 2.24) is 0 Å². The van der Waals surface area contributed by atoms with E-state index >= 15 is 0 Å². The second kappa shape index (κ2) is 10.5. The third-order valence-electron chi connectivity index (χ3n) is 2.97. The van der Waals surface area contributed by atoms with Crippen LogP contribution in [0.1, 0.15) is 5.56 Å². The van der Waals surface area contributed by atoms with Crippen LogP contribution in [0.4, 0.5) is 5.69 Å². The monoisotopic (exact) mass is 312 g/mol. The molecule has 0 aromatic heterocycles. The summed E-state index contributed by atoms with van der Waals surface area (Å²) in [7, 11) is 3.68. The van der Waals surface area contributed by atoms with Crippen LogP contribution in [-0.2, 0) is 14.2 Å². The fourth-order valence-corrected chi connectivity index (χ4v) is 1.81. The highest BCUT2D eigenvalue weighted by Crippen LogP contribution is 2.13. The van der Waals surface area contributed by atoms with Crippen molar-refractivity contribution in [3.63, 3.8) is 0 Å². The third-order valence-corrected chi connectivity index (χ3v) is 3.20. The van der Waals surface area contributed by atoms with Gasteiger partial charge in [-0.1, -0.05) is 12.2 Å². The Kier molecular flexibility index (Phi) is 8.93. The molecule has 0 heterocycles. The molecular weight excluding hydrogens is 288 g/mol. The quantitative estimate of drug-likeness (QED) is 0.493. The van der Waals surface area contributed by atoms with Crippen LogP contribution in [0.3, 0.4) is 0 Å². The van der Waals surface area contributed by atoms with Crippen molar-refractivity contribution in [2.45, 2.75) is 0 Å². The summed E-state index contributed by atoms with van der Waals surface area (Å²) >= 11 is 4.93. The average molecular weight is 312 g/mol. The summed E-state index contributed by atoms with van der Waals surface area (Å²) in [6.45, 7) is 3.87. The number of methoxy groups -OCH3 is 1. The Morgan fingerprint density at radius 3 is 2.19 bits per heavy atom. The summed E-state index contributed by atoms with van der Waals surface area (Å²) in [5.74, 6) is 0. The van der Waals surface area contributed by atoms with Gasteiger partial charge in [0.1, 0.15) is 4.99 Å². The molecule has 1 rings (SSSR count). The fourth-order valence-electron chi connectivity index (χ4n) is 1.67. The van der Waals surface area contributed by atoms with Gasteiger partial charge in [0.05, 0.1) is 33.0 Å². The van der Waals surface area contributed by atoms with Crippen LogP contribution in [0.5, 0.6) is 0 Å². The van der Waals surface area contributed by atoms with Gasteiger partial charge >= 0.3 is 0 Å². The maximum absolute atomic E-state index is 5.58. The number of hydrogen-bond acceptors (Lipinski definition) is 5. The maximum atomic E-state index is 5.58. The fraction of sp³-hybridized carbons (Fsp3) is 0.533. The van der Waals surface area contributed by atoms with Crippen molar-refractivity contribution in [3.8, 4) is 0 Å². The van der Waals surface area contributed by atoms with Gasteiger partial charge in [-0.25, -0.2) is 0 Å². The molecule has 2 N–H and O–H groups in total. The second-order valence-electron chi connectivity index (χ2n) is 4.55. The highest BCUT2D eigenvalue weighted by molar-refractivity contribution is 7.80. The molecule has 21 heavy (non-hydrogen) atoms. The number of rotatable bonds is 11. The standard InChI is InChI=1S/C15H24N2O3S/c1-17(7-8-19-11-12-20-10-9-18-2)14-5-3-13(4-6-14)15(16)21/h3-6H,7-12H2,1-2H3,(H2,16,21). The lowest BCUT2D eigenvalue weighted by Crippen LogP contribution is -2.23. The summed E-state index contributed by atoms with van der Waals surface area (Å²) in [5, 5.41) is 0. The number of hydrogen-bond donors (Lipinski definition) is 1. The van der Waals surface area contributed by atoms with Crippen LogP contribution in [0.25, 0.3) is 0 Å². The maximum Gasteiger partial charge on any atom is 0.103 e. The SMILES string of the molecule is COCCOCCOCCN(C)c1ccc(C(N)=S)cc1. The number of benzene rings is 1. The molecule has 1 aromatic rings. The lowest BCUT2D eigenvalue weighted by Gasteiger charge is -2.19. The molecular formula is C15H24N2O3S. The van der Waals surface area contributed by atoms with Gasteiger partial charge in [-0.2, -0.15) is 0 Å². The normalized spacial score (nSPS) is 10.6. The van der Waals surface area contributed by atoms with Gasteiger partial charge in [0.25, 0.3) is 0 Å². The Bertz CT molecular complexity index is 412. The molecule has 0 unspecified atom stereocenters. The Hall–Kier alpha value is -1.21. The van der Waals surface area contributed by atoms with Gasteiger partial charge in [0, 0.05) is 32.0 Å². The van der Waals surface area contributed by atoms with Crippen LogP contribution < -0.4 is 10.6 Å². The van der Waals surface area contributed by atoms with Crippen LogP contribution in [0.15, 0.2) is 24.3 Å². The van der Waals surface area contributed by atoms with Gasteiger partial charge in [0.15, 0.2) is 0 Å². The minimum absolute atomic E-state index is 0.418. The number of nitrogens with two attached hydrogens (primary N) is 1. The molecule has 0 bridgehead atoms. The van der Waals surface area contributed by atoms with E-state index in [-0.39, 0.29) is 0 Å². The van der Waals surface area contributed by atoms with Crippen molar-refractivity contribution >= 4 is 22.9 Å². The smallest absolute Gasteiger partial charge is 0.103 e. The minimum atomic E-state index is 0.418. The molecule has 118 valence electrons. The third kappa shape index (κ3) is 7.38. The molecule has 0 saturated carbocycles. The molecule has 6 heteroatoms. The molecule has 5 nitrogen and oxygen atoms in total. The van der Waals surface area contributed by atoms with E-state index in [9.17, 15) is 0 Å². The Balaban J connectivity index is 2.15. The minimum Gasteiger partial charge on any atom is -0.389 e. The first-order valence-electron chi connectivity index (χ1n) is 6.90. The molecule has 0 amide bonds. The van der Waals surface area contributed by atoms with Gasteiger partial charge in [0.2, 0.25) is 0 Å². The van der Waals surface area contributed by atoms with Gasteiger partial charge < -0.3 is 24.8 Å². The second-order valence-corrected chi connectivity index (χ2v) is 4.99. The van der Waals surface area contributed by atoms with E-state index in [0.717, 1.165) is 17.8 Å². The molecule has 0 radical (unpaired) electrons. The number of likely N-dealkylation sites (N-methyl/N-ethyl adjacent to an activating group) is 1. The highest BCUT2D eigenvalue weighted by atomic mass is 32.1. The first-order chi connectivity index (χ1) is 10.1. The number of nitrogens with zero attached hydrogens (tertiary/aromatic N) is 1. The van der Waals surface area contributed by atoms with Crippen molar-refractivity contribution in [3.05, 3.63) is 29.8 Å². The van der Waals surface area contributed by atoms with Gasteiger partial charge in [-0.15, -0.1) is 0 Å². The molecule has 0 aliphatic carbocycles. The lowest BCUT2D eigenvalue weighted by atomic mass is 10.2. The molecule has 1 aromatic carbocycles. The lowest BCUT2D eigenvalue weighted by molar-refractivity contribution is 0.0266. The number of thiocarbonyl (C=S) groups is 1. The molecule has 0 spiro atoms. The highest BCUT2D eigenvalue weighted by Gasteiger charge is 2.02. The Morgan fingerprint density at radius 1 is 1.05 bits per heavy atom. The van der Waals surface area contributed by atoms with E-state index in [1.165, 1.54) is 0 Å². The summed E-state index contributed by atoms with van der Waals surface area (Å²) in [6, 6.07) is 7.86. The molecule has 0 aliphatic heterocycles. The summed E-state index contributed by atoms with van der Waals surface area (Å²) < 4.78 is 15.7. The zero-order valence-electron chi connectivity index (χ0n) is 12.7. The van der Waals surface area contributed by atoms with Crippen molar-refractivity contribution in [2.75, 3.05) is 58.6 Å². The largest absolute Gasteiger partial charge is 0.389 e. The van der Waals surface area contributed by atoms with E-state index in [4.69, 9.17) is 32.2 Å². The Morgan fingerprint density at radius 2 is 1.62 bits per heavy atom. The number of ether oxygens (including phenoxy) is 3. The van der Waals surface area contributed by atoms with Crippen molar-refractivity contribution < 1.29 is 14.2 Å². The van der Waals surface area contributed by atoms with E-state index in [0.29, 0.717) is 38.0 Å². The number of anilines is 1. The first kappa shape index (κ1) is 17.8. The van der Waals surface area contributed by atoms with E-state index in [2.05, 4.69) is 4.90 Å². The summed E-state index contributed by atoms with van der Waals surface area (Å²) in [6.07, 6.45) is 0. The Labute approximate surface area is 132 Å². The zero-order valence-corrected chi connectivity index (χ0v) is 13.5. The van der Waals surface area contributed by atoms with Crippen LogP contribution in [0.2, 0.25) is 0 Å². The summed E-state index contributed by atoms with van der Waals surface area (Å²) in [5.41, 5.74) is 7.56. The van der Waals surface area contributed by atoms with Gasteiger partial charge in [-0.3, -0.25) is 0 Å². The van der Waals surface area contributed by atoms with E-state index < -0.39 is 0 Å². The van der Waals surface area contributed by atoms with Crippen LogP contribution >= 0.6 is 12.2 Å². The van der Waals surface area contributed by atoms with Gasteiger partial charge in [-0.05, 0) is 24.3 Å². The van der Waals surface area contributed by atoms with Crippen molar-refractivity contribution in [2.24, 2.45) is 5.73 Å².